The number of nitrogens with one attached hydrogen (secondary N) is 1. The number of pyridine rings is 1. The molecule has 0 atom stereocenters. The van der Waals surface area contributed by atoms with Crippen molar-refractivity contribution >= 4 is 5.91 Å². The Hall–Kier alpha value is -2.43. The van der Waals surface area contributed by atoms with Crippen LogP contribution >= 0.6 is 0 Å². The van der Waals surface area contributed by atoms with E-state index in [-0.39, 0.29) is 5.56 Å². The molecule has 0 aliphatic carbocycles. The zero-order chi connectivity index (χ0) is 14.5. The average molecular weight is 274 g/mol. The lowest BCUT2D eigenvalue weighted by Crippen LogP contribution is -2.24. The number of halogens is 1. The second-order valence-corrected chi connectivity index (χ2v) is 4.34. The predicted molar refractivity (Wildman–Crippen MR) is 73.1 cm³/mol. The molecule has 0 saturated heterocycles. The van der Waals surface area contributed by atoms with E-state index in [2.05, 4.69) is 10.3 Å². The predicted octanol–water partition coefficient (Wildman–Crippen LogP) is 2.47. The number of hydrogen-bond donors (Lipinski definition) is 1. The highest BCUT2D eigenvalue weighted by molar-refractivity contribution is 5.94. The van der Waals surface area contributed by atoms with Gasteiger partial charge in [0.25, 0.3) is 5.91 Å². The minimum Gasteiger partial charge on any atom is -0.497 e. The molecule has 0 aliphatic rings. The molecule has 2 aromatic rings. The monoisotopic (exact) mass is 274 g/mol. The Morgan fingerprint density at radius 3 is 2.70 bits per heavy atom. The van der Waals surface area contributed by atoms with E-state index in [4.69, 9.17) is 4.74 Å². The van der Waals surface area contributed by atoms with E-state index in [1.807, 2.05) is 12.1 Å². The third kappa shape index (κ3) is 3.32. The van der Waals surface area contributed by atoms with Crippen LogP contribution < -0.4 is 10.1 Å². The number of carbonyl (C=O) groups excluding carboxylic acids is 1. The SMILES string of the molecule is COc1ccc(CNC(=O)c2cc(C)ncc2F)cc1. The standard InChI is InChI=1S/C15H15FN2O2/c1-10-7-13(14(16)9-17-10)15(19)18-8-11-3-5-12(20-2)6-4-11/h3-7,9H,8H2,1-2H3,(H,18,19). The molecule has 1 aromatic carbocycles. The van der Waals surface area contributed by atoms with Gasteiger partial charge in [0, 0.05) is 12.2 Å². The van der Waals surface area contributed by atoms with Crippen LogP contribution in [0.5, 0.6) is 5.75 Å². The van der Waals surface area contributed by atoms with Crippen LogP contribution in [0.4, 0.5) is 4.39 Å². The Balaban J connectivity index is 2.02. The number of hydrogen-bond acceptors (Lipinski definition) is 3. The maximum atomic E-state index is 13.5. The summed E-state index contributed by atoms with van der Waals surface area (Å²) in [7, 11) is 1.59. The number of methoxy groups -OCH3 is 1. The van der Waals surface area contributed by atoms with Crippen molar-refractivity contribution in [1.29, 1.82) is 0 Å². The molecular formula is C15H15FN2O2. The zero-order valence-electron chi connectivity index (χ0n) is 11.3. The molecule has 4 nitrogen and oxygen atoms in total. The molecule has 2 rings (SSSR count). The lowest BCUT2D eigenvalue weighted by molar-refractivity contribution is 0.0946. The van der Waals surface area contributed by atoms with Gasteiger partial charge in [0.2, 0.25) is 0 Å². The average Bonchev–Trinajstić information content (AvgIpc) is 2.47. The summed E-state index contributed by atoms with van der Waals surface area (Å²) in [6.07, 6.45) is 1.05. The van der Waals surface area contributed by atoms with Gasteiger partial charge in [0.1, 0.15) is 5.75 Å². The number of carbonyl (C=O) groups is 1. The largest absolute Gasteiger partial charge is 0.497 e. The third-order valence-electron chi connectivity index (χ3n) is 2.85. The summed E-state index contributed by atoms with van der Waals surface area (Å²) in [5.41, 5.74) is 1.51. The fourth-order valence-electron chi connectivity index (χ4n) is 1.74. The van der Waals surface area contributed by atoms with Crippen molar-refractivity contribution in [3.63, 3.8) is 0 Å². The van der Waals surface area contributed by atoms with Crippen LogP contribution in [0.15, 0.2) is 36.5 Å². The maximum Gasteiger partial charge on any atom is 0.254 e. The molecule has 0 unspecified atom stereocenters. The van der Waals surface area contributed by atoms with Crippen LogP contribution in [-0.2, 0) is 6.54 Å². The number of amides is 1. The van der Waals surface area contributed by atoms with Gasteiger partial charge in [-0.1, -0.05) is 12.1 Å². The molecule has 1 heterocycles. The van der Waals surface area contributed by atoms with Crippen LogP contribution in [0.1, 0.15) is 21.6 Å². The van der Waals surface area contributed by atoms with Crippen molar-refractivity contribution in [3.8, 4) is 5.75 Å². The molecule has 0 saturated carbocycles. The van der Waals surface area contributed by atoms with Crippen molar-refractivity contribution in [2.45, 2.75) is 13.5 Å². The summed E-state index contributed by atoms with van der Waals surface area (Å²) < 4.78 is 18.6. The highest BCUT2D eigenvalue weighted by Crippen LogP contribution is 2.12. The number of benzene rings is 1. The molecule has 20 heavy (non-hydrogen) atoms. The minimum atomic E-state index is -0.622. The Labute approximate surface area is 116 Å². The van der Waals surface area contributed by atoms with Gasteiger partial charge in [-0.3, -0.25) is 9.78 Å². The molecule has 0 aliphatic heterocycles. The third-order valence-corrected chi connectivity index (χ3v) is 2.85. The Bertz CT molecular complexity index is 612. The highest BCUT2D eigenvalue weighted by Gasteiger charge is 2.12. The second-order valence-electron chi connectivity index (χ2n) is 4.34. The molecular weight excluding hydrogens is 259 g/mol. The lowest BCUT2D eigenvalue weighted by atomic mass is 10.2. The summed E-state index contributed by atoms with van der Waals surface area (Å²) in [6.45, 7) is 2.03. The maximum absolute atomic E-state index is 13.5. The Morgan fingerprint density at radius 2 is 2.05 bits per heavy atom. The molecule has 1 N–H and O–H groups in total. The summed E-state index contributed by atoms with van der Waals surface area (Å²) in [5.74, 6) is -0.331. The summed E-state index contributed by atoms with van der Waals surface area (Å²) in [5, 5.41) is 2.67. The van der Waals surface area contributed by atoms with Gasteiger partial charge in [-0.25, -0.2) is 4.39 Å². The van der Waals surface area contributed by atoms with Gasteiger partial charge in [-0.2, -0.15) is 0 Å². The summed E-state index contributed by atoms with van der Waals surface area (Å²) in [4.78, 5) is 15.7. The summed E-state index contributed by atoms with van der Waals surface area (Å²) >= 11 is 0. The van der Waals surface area contributed by atoms with E-state index >= 15 is 0 Å². The highest BCUT2D eigenvalue weighted by atomic mass is 19.1. The number of aromatic nitrogens is 1. The molecule has 1 amide bonds. The van der Waals surface area contributed by atoms with Crippen LogP contribution in [0.3, 0.4) is 0 Å². The van der Waals surface area contributed by atoms with Crippen LogP contribution in [0, 0.1) is 12.7 Å². The fraction of sp³-hybridized carbons (Fsp3) is 0.200. The van der Waals surface area contributed by atoms with Gasteiger partial charge in [-0.15, -0.1) is 0 Å². The van der Waals surface area contributed by atoms with E-state index in [1.54, 1.807) is 26.2 Å². The van der Waals surface area contributed by atoms with E-state index in [1.165, 1.54) is 6.07 Å². The topological polar surface area (TPSA) is 51.2 Å². The van der Waals surface area contributed by atoms with Crippen LogP contribution in [0.25, 0.3) is 0 Å². The van der Waals surface area contributed by atoms with Gasteiger partial charge in [-0.05, 0) is 30.7 Å². The van der Waals surface area contributed by atoms with Crippen molar-refractivity contribution in [1.82, 2.24) is 10.3 Å². The molecule has 1 aromatic heterocycles. The van der Waals surface area contributed by atoms with E-state index in [9.17, 15) is 9.18 Å². The van der Waals surface area contributed by atoms with Crippen LogP contribution in [-0.4, -0.2) is 18.0 Å². The van der Waals surface area contributed by atoms with E-state index in [0.717, 1.165) is 17.5 Å². The van der Waals surface area contributed by atoms with Crippen molar-refractivity contribution in [3.05, 3.63) is 59.2 Å². The molecule has 104 valence electrons. The minimum absolute atomic E-state index is 0.00557. The number of aryl methyl sites for hydroxylation is 1. The second kappa shape index (κ2) is 6.14. The number of nitrogens with zero attached hydrogens (tertiary/aromatic N) is 1. The fourth-order valence-corrected chi connectivity index (χ4v) is 1.74. The van der Waals surface area contributed by atoms with Crippen LogP contribution in [0.2, 0.25) is 0 Å². The quantitative estimate of drug-likeness (QED) is 0.931. The van der Waals surface area contributed by atoms with E-state index in [0.29, 0.717) is 12.2 Å². The Morgan fingerprint density at radius 1 is 1.35 bits per heavy atom. The molecule has 5 heteroatoms. The smallest absolute Gasteiger partial charge is 0.254 e. The first kappa shape index (κ1) is 14.0. The first-order valence-electron chi connectivity index (χ1n) is 6.13. The normalized spacial score (nSPS) is 10.2. The van der Waals surface area contributed by atoms with Crippen molar-refractivity contribution in [2.24, 2.45) is 0 Å². The first-order valence-corrected chi connectivity index (χ1v) is 6.13. The number of ether oxygens (including phenoxy) is 1. The van der Waals surface area contributed by atoms with Gasteiger partial charge in [0.05, 0.1) is 18.9 Å². The first-order chi connectivity index (χ1) is 9.60. The Kier molecular flexibility index (Phi) is 4.30. The molecule has 0 spiro atoms. The summed E-state index contributed by atoms with van der Waals surface area (Å²) in [6, 6.07) is 8.72. The van der Waals surface area contributed by atoms with Gasteiger partial charge < -0.3 is 10.1 Å². The molecule has 0 bridgehead atoms. The van der Waals surface area contributed by atoms with Crippen molar-refractivity contribution in [2.75, 3.05) is 7.11 Å². The van der Waals surface area contributed by atoms with E-state index < -0.39 is 11.7 Å². The van der Waals surface area contributed by atoms with Gasteiger partial charge >= 0.3 is 0 Å². The molecule has 0 fully saturated rings. The van der Waals surface area contributed by atoms with Gasteiger partial charge in [0.15, 0.2) is 5.82 Å². The lowest BCUT2D eigenvalue weighted by Gasteiger charge is -2.07. The zero-order valence-corrected chi connectivity index (χ0v) is 11.3. The molecule has 0 radical (unpaired) electrons. The number of rotatable bonds is 4. The van der Waals surface area contributed by atoms with Crippen molar-refractivity contribution < 1.29 is 13.9 Å².